The van der Waals surface area contributed by atoms with Crippen molar-refractivity contribution < 1.29 is 19.1 Å². The molecule has 0 bridgehead atoms. The van der Waals surface area contributed by atoms with E-state index < -0.39 is 24.2 Å². The van der Waals surface area contributed by atoms with Gasteiger partial charge in [-0.2, -0.15) is 0 Å². The molecule has 3 aromatic rings. The number of nitrogens with zero attached hydrogens (tertiary/aromatic N) is 3. The lowest BCUT2D eigenvalue weighted by Gasteiger charge is -2.29. The zero-order valence-corrected chi connectivity index (χ0v) is 22.9. The summed E-state index contributed by atoms with van der Waals surface area (Å²) in [6.07, 6.45) is 6.84. The van der Waals surface area contributed by atoms with Gasteiger partial charge in [0, 0.05) is 23.4 Å². The highest BCUT2D eigenvalue weighted by molar-refractivity contribution is 7.13. The van der Waals surface area contributed by atoms with Crippen LogP contribution in [0.1, 0.15) is 37.9 Å². The van der Waals surface area contributed by atoms with E-state index in [0.29, 0.717) is 17.4 Å². The fourth-order valence-electron chi connectivity index (χ4n) is 4.59. The molecule has 9 heteroatoms. The Morgan fingerprint density at radius 3 is 2.82 bits per heavy atom. The number of thiazole rings is 1. The predicted molar refractivity (Wildman–Crippen MR) is 151 cm³/mol. The molecule has 0 unspecified atom stereocenters. The molecular formula is C29H34N4O4S. The summed E-state index contributed by atoms with van der Waals surface area (Å²) in [6, 6.07) is 6.53. The Morgan fingerprint density at radius 1 is 1.29 bits per heavy atom. The maximum atomic E-state index is 13.8. The third-order valence-corrected chi connectivity index (χ3v) is 7.48. The minimum absolute atomic E-state index is 0.0432. The normalized spacial score (nSPS) is 17.8. The van der Waals surface area contributed by atoms with Crippen LogP contribution >= 0.6 is 11.3 Å². The molecular weight excluding hydrogens is 500 g/mol. The molecule has 0 aliphatic carbocycles. The topological polar surface area (TPSA) is 93.7 Å². The van der Waals surface area contributed by atoms with Crippen LogP contribution in [0.2, 0.25) is 0 Å². The van der Waals surface area contributed by atoms with Crippen LogP contribution in [0, 0.1) is 5.92 Å². The van der Waals surface area contributed by atoms with Crippen LogP contribution in [0.15, 0.2) is 55.1 Å². The van der Waals surface area contributed by atoms with Crippen LogP contribution < -0.4 is 10.1 Å². The van der Waals surface area contributed by atoms with Crippen LogP contribution in [-0.2, 0) is 20.7 Å². The molecule has 2 aromatic heterocycles. The summed E-state index contributed by atoms with van der Waals surface area (Å²) in [6.45, 7) is 11.8. The maximum Gasteiger partial charge on any atom is 0.328 e. The quantitative estimate of drug-likeness (QED) is 0.270. The van der Waals surface area contributed by atoms with Crippen molar-refractivity contribution in [1.29, 1.82) is 0 Å². The summed E-state index contributed by atoms with van der Waals surface area (Å²) in [5.74, 6) is -0.238. The number of likely N-dealkylation sites (tertiary alicyclic amines) is 1. The van der Waals surface area contributed by atoms with E-state index in [0.717, 1.165) is 34.9 Å². The number of anilines is 1. The standard InChI is InChI=1S/C29H34N4O4S/c1-6-8-9-21-17-38-29(31-21)32-25(18(3)4)27(34)33-16-22(15-24(33)28(35)36-5)37-26-23-14-19(7-2)10-11-20(23)12-13-30-26/h6-7,10-14,17-18,22,24-25H,1-2,8-9,15-16H2,3-5H3,(H,31,32)/t22-,24+,25+/m1/s1. The monoisotopic (exact) mass is 534 g/mol. The van der Waals surface area contributed by atoms with Gasteiger partial charge in [-0.1, -0.05) is 44.7 Å². The van der Waals surface area contributed by atoms with Crippen LogP contribution in [-0.4, -0.2) is 58.6 Å². The van der Waals surface area contributed by atoms with Gasteiger partial charge >= 0.3 is 5.97 Å². The second kappa shape index (κ2) is 12.2. The number of benzene rings is 1. The molecule has 1 fully saturated rings. The van der Waals surface area contributed by atoms with E-state index in [4.69, 9.17) is 9.47 Å². The lowest BCUT2D eigenvalue weighted by molar-refractivity contribution is -0.151. The lowest BCUT2D eigenvalue weighted by atomic mass is 10.0. The van der Waals surface area contributed by atoms with Crippen molar-refractivity contribution in [2.45, 2.75) is 51.3 Å². The molecule has 3 atom stereocenters. The van der Waals surface area contributed by atoms with Gasteiger partial charge in [-0.3, -0.25) is 4.79 Å². The van der Waals surface area contributed by atoms with Gasteiger partial charge in [0.05, 0.1) is 19.3 Å². The van der Waals surface area contributed by atoms with Gasteiger partial charge in [0.15, 0.2) is 5.13 Å². The average molecular weight is 535 g/mol. The Labute approximate surface area is 227 Å². The first kappa shape index (κ1) is 27.3. The Balaban J connectivity index is 1.55. The lowest BCUT2D eigenvalue weighted by Crippen LogP contribution is -2.50. The molecule has 1 aromatic carbocycles. The van der Waals surface area contributed by atoms with E-state index in [9.17, 15) is 9.59 Å². The molecule has 8 nitrogen and oxygen atoms in total. The van der Waals surface area contributed by atoms with Crippen molar-refractivity contribution in [1.82, 2.24) is 14.9 Å². The van der Waals surface area contributed by atoms with Gasteiger partial charge in [0.25, 0.3) is 0 Å². The highest BCUT2D eigenvalue weighted by atomic mass is 32.1. The third-order valence-electron chi connectivity index (χ3n) is 6.65. The first-order chi connectivity index (χ1) is 18.3. The fourth-order valence-corrected chi connectivity index (χ4v) is 5.37. The molecule has 0 radical (unpaired) electrons. The largest absolute Gasteiger partial charge is 0.472 e. The number of rotatable bonds is 11. The predicted octanol–water partition coefficient (Wildman–Crippen LogP) is 5.11. The van der Waals surface area contributed by atoms with Crippen molar-refractivity contribution in [3.8, 4) is 5.88 Å². The summed E-state index contributed by atoms with van der Waals surface area (Å²) in [4.78, 5) is 37.2. The Kier molecular flexibility index (Phi) is 8.78. The van der Waals surface area contributed by atoms with Crippen LogP contribution in [0.3, 0.4) is 0 Å². The Bertz CT molecular complexity index is 1320. The van der Waals surface area contributed by atoms with Crippen LogP contribution in [0.4, 0.5) is 5.13 Å². The summed E-state index contributed by atoms with van der Waals surface area (Å²) < 4.78 is 11.4. The number of aromatic nitrogens is 2. The molecule has 200 valence electrons. The molecule has 0 spiro atoms. The number of carbonyl (C=O) groups is 2. The van der Waals surface area contributed by atoms with Crippen molar-refractivity contribution in [2.75, 3.05) is 19.0 Å². The zero-order valence-electron chi connectivity index (χ0n) is 22.1. The molecule has 0 saturated carbocycles. The van der Waals surface area contributed by atoms with Crippen molar-refractivity contribution in [3.63, 3.8) is 0 Å². The number of methoxy groups -OCH3 is 1. The van der Waals surface area contributed by atoms with Crippen molar-refractivity contribution in [2.24, 2.45) is 5.92 Å². The second-order valence-electron chi connectivity index (χ2n) is 9.64. The van der Waals surface area contributed by atoms with E-state index >= 15 is 0 Å². The fraction of sp³-hybridized carbons (Fsp3) is 0.379. The Hall–Kier alpha value is -3.72. The van der Waals surface area contributed by atoms with Crippen molar-refractivity contribution in [3.05, 3.63) is 66.3 Å². The number of hydrogen-bond acceptors (Lipinski definition) is 8. The molecule has 3 heterocycles. The minimum Gasteiger partial charge on any atom is -0.472 e. The number of fused-ring (bicyclic) bond motifs is 1. The summed E-state index contributed by atoms with van der Waals surface area (Å²) >= 11 is 1.46. The Morgan fingerprint density at radius 2 is 2.11 bits per heavy atom. The van der Waals surface area contributed by atoms with Gasteiger partial charge in [-0.25, -0.2) is 14.8 Å². The van der Waals surface area contributed by atoms with E-state index in [2.05, 4.69) is 28.4 Å². The molecule has 1 saturated heterocycles. The van der Waals surface area contributed by atoms with Gasteiger partial charge in [0.2, 0.25) is 11.8 Å². The smallest absolute Gasteiger partial charge is 0.328 e. The first-order valence-electron chi connectivity index (χ1n) is 12.7. The number of carbonyl (C=O) groups excluding carboxylic acids is 2. The van der Waals surface area contributed by atoms with Gasteiger partial charge < -0.3 is 19.7 Å². The van der Waals surface area contributed by atoms with Crippen LogP contribution in [0.5, 0.6) is 5.88 Å². The number of nitrogens with one attached hydrogen (secondary N) is 1. The van der Waals surface area contributed by atoms with Crippen LogP contribution in [0.25, 0.3) is 16.8 Å². The number of pyridine rings is 1. The second-order valence-corrected chi connectivity index (χ2v) is 10.5. The maximum absolute atomic E-state index is 13.8. The molecule has 1 N–H and O–H groups in total. The average Bonchev–Trinajstić information content (AvgIpc) is 3.56. The van der Waals surface area contributed by atoms with Crippen molar-refractivity contribution >= 4 is 45.2 Å². The number of hydrogen-bond donors (Lipinski definition) is 1. The van der Waals surface area contributed by atoms with E-state index in [1.165, 1.54) is 18.4 Å². The minimum atomic E-state index is -0.751. The molecule has 1 aliphatic rings. The van der Waals surface area contributed by atoms with Gasteiger partial charge in [0.1, 0.15) is 18.2 Å². The summed E-state index contributed by atoms with van der Waals surface area (Å²) in [5.41, 5.74) is 1.91. The van der Waals surface area contributed by atoms with E-state index in [1.807, 2.05) is 49.6 Å². The third kappa shape index (κ3) is 6.05. The number of allylic oxidation sites excluding steroid dienone is 1. The highest BCUT2D eigenvalue weighted by Gasteiger charge is 2.44. The first-order valence-corrected chi connectivity index (χ1v) is 13.6. The van der Waals surface area contributed by atoms with Gasteiger partial charge in [-0.05, 0) is 41.8 Å². The number of ether oxygens (including phenoxy) is 2. The van der Waals surface area contributed by atoms with E-state index in [1.54, 1.807) is 17.2 Å². The van der Waals surface area contributed by atoms with Gasteiger partial charge in [-0.15, -0.1) is 17.9 Å². The number of aryl methyl sites for hydroxylation is 1. The number of esters is 1. The number of amides is 1. The SMILES string of the molecule is C=CCCc1csc(N[C@H](C(=O)N2C[C@H](Oc3nccc4ccc(C=C)cc34)C[C@H]2C(=O)OC)C(C)C)n1. The highest BCUT2D eigenvalue weighted by Crippen LogP contribution is 2.30. The summed E-state index contributed by atoms with van der Waals surface area (Å²) in [5, 5.41) is 7.80. The summed E-state index contributed by atoms with van der Waals surface area (Å²) in [7, 11) is 1.33. The molecule has 1 amide bonds. The molecule has 4 rings (SSSR count). The zero-order chi connectivity index (χ0) is 27.2. The molecule has 38 heavy (non-hydrogen) atoms. The molecule has 1 aliphatic heterocycles. The van der Waals surface area contributed by atoms with E-state index in [-0.39, 0.29) is 18.4 Å².